The third-order valence-electron chi connectivity index (χ3n) is 9.36. The number of ether oxygens (including phenoxy) is 2. The molecule has 1 aliphatic carbocycles. The number of halogens is 2. The van der Waals surface area contributed by atoms with E-state index in [0.29, 0.717) is 65.6 Å². The van der Waals surface area contributed by atoms with Crippen LogP contribution in [-0.4, -0.2) is 82.5 Å². The van der Waals surface area contributed by atoms with Gasteiger partial charge in [0.2, 0.25) is 5.88 Å². The molecule has 0 saturated carbocycles. The van der Waals surface area contributed by atoms with Crippen LogP contribution in [0.4, 0.5) is 0 Å². The average Bonchev–Trinajstić information content (AvgIpc) is 3.43. The quantitative estimate of drug-likeness (QED) is 0.224. The van der Waals surface area contributed by atoms with Crippen molar-refractivity contribution in [3.63, 3.8) is 0 Å². The minimum atomic E-state index is -0.734. The number of fused-ring (bicyclic) bond motifs is 1. The Morgan fingerprint density at radius 3 is 2.28 bits per heavy atom. The minimum Gasteiger partial charge on any atom is -0.496 e. The molecule has 3 aromatic carbocycles. The lowest BCUT2D eigenvalue weighted by atomic mass is 9.92. The number of aryl methyl sites for hydroxylation is 1. The normalized spacial score (nSPS) is 18.6. The van der Waals surface area contributed by atoms with Gasteiger partial charge in [-0.1, -0.05) is 65.7 Å². The minimum absolute atomic E-state index is 0.150. The Hall–Kier alpha value is -3.73. The Bertz CT molecular complexity index is 1820. The first kappa shape index (κ1) is 30.9. The lowest BCUT2D eigenvalue weighted by Gasteiger charge is -2.41. The summed E-state index contributed by atoms with van der Waals surface area (Å²) in [5.74, 6) is 0.170. The summed E-state index contributed by atoms with van der Waals surface area (Å²) in [7, 11) is 3.24. The highest BCUT2D eigenvalue weighted by Gasteiger charge is 2.41. The van der Waals surface area contributed by atoms with E-state index in [1.807, 2.05) is 42.5 Å². The van der Waals surface area contributed by atoms with Crippen LogP contribution < -0.4 is 9.47 Å². The van der Waals surface area contributed by atoms with Gasteiger partial charge in [0, 0.05) is 66.6 Å². The van der Waals surface area contributed by atoms with E-state index in [4.69, 9.17) is 37.7 Å². The molecule has 2 fully saturated rings. The number of carboxylic acid groups (broad SMARTS) is 1. The monoisotopic (exact) mass is 660 g/mol. The Morgan fingerprint density at radius 1 is 0.957 bits per heavy atom. The van der Waals surface area contributed by atoms with Crippen molar-refractivity contribution in [2.24, 2.45) is 5.92 Å². The van der Waals surface area contributed by atoms with Gasteiger partial charge in [0.05, 0.1) is 48.2 Å². The molecule has 1 atom stereocenters. The summed E-state index contributed by atoms with van der Waals surface area (Å²) < 4.78 is 11.5. The van der Waals surface area contributed by atoms with Gasteiger partial charge in [-0.3, -0.25) is 19.6 Å². The molecule has 3 aliphatic rings. The Morgan fingerprint density at radius 2 is 1.63 bits per heavy atom. The van der Waals surface area contributed by atoms with Gasteiger partial charge in [0.1, 0.15) is 11.4 Å². The number of aliphatic carboxylic acids is 1. The Kier molecular flexibility index (Phi) is 8.37. The molecule has 4 aromatic rings. The van der Waals surface area contributed by atoms with Gasteiger partial charge in [-0.05, 0) is 30.0 Å². The molecule has 3 heterocycles. The van der Waals surface area contributed by atoms with Gasteiger partial charge >= 0.3 is 5.97 Å². The number of aromatic nitrogens is 2. The van der Waals surface area contributed by atoms with Crippen molar-refractivity contribution in [3.8, 4) is 45.1 Å². The molecule has 0 bridgehead atoms. The highest BCUT2D eigenvalue weighted by Crippen LogP contribution is 2.48. The standard InChI is InChI=1S/C35H34Cl2N4O5/c1-45-30-12-20(11-19-9-10-29(31(19)30)41-14-21(15-41)35(43)44)23-5-3-6-24(32(23)36)25-7-4-8-26(33(25)37)27-13-38-28(34(39-27)46-2)18-40-16-22(42)17-40/h3-8,11-13,21-22,29,42H,9-10,14-18H2,1-2H3,(H,43,44). The molecular formula is C35H34Cl2N4O5. The number of nitrogens with zero attached hydrogens (tertiary/aromatic N) is 4. The first-order valence-electron chi connectivity index (χ1n) is 15.3. The molecule has 2 saturated heterocycles. The maximum absolute atomic E-state index is 11.4. The van der Waals surface area contributed by atoms with Crippen LogP contribution in [0.25, 0.3) is 33.5 Å². The molecular weight excluding hydrogens is 627 g/mol. The third-order valence-corrected chi connectivity index (χ3v) is 10.2. The van der Waals surface area contributed by atoms with Crippen molar-refractivity contribution in [1.29, 1.82) is 0 Å². The number of aliphatic hydroxyl groups excluding tert-OH is 1. The van der Waals surface area contributed by atoms with Crippen LogP contribution in [0.3, 0.4) is 0 Å². The summed E-state index contributed by atoms with van der Waals surface area (Å²) in [6.07, 6.45) is 3.21. The third kappa shape index (κ3) is 5.50. The molecule has 1 unspecified atom stereocenters. The fraction of sp³-hybridized carbons (Fsp3) is 0.343. The van der Waals surface area contributed by atoms with E-state index in [1.165, 1.54) is 5.56 Å². The number of rotatable bonds is 9. The van der Waals surface area contributed by atoms with Crippen molar-refractivity contribution in [1.82, 2.24) is 19.8 Å². The zero-order valence-electron chi connectivity index (χ0n) is 25.5. The maximum Gasteiger partial charge on any atom is 0.309 e. The number of carbonyl (C=O) groups is 1. The molecule has 0 radical (unpaired) electrons. The van der Waals surface area contributed by atoms with Crippen molar-refractivity contribution in [2.45, 2.75) is 31.5 Å². The largest absolute Gasteiger partial charge is 0.496 e. The highest BCUT2D eigenvalue weighted by atomic mass is 35.5. The number of hydrogen-bond acceptors (Lipinski definition) is 8. The summed E-state index contributed by atoms with van der Waals surface area (Å²) in [6, 6.07) is 16.0. The first-order valence-corrected chi connectivity index (χ1v) is 16.1. The van der Waals surface area contributed by atoms with Gasteiger partial charge in [-0.15, -0.1) is 0 Å². The van der Waals surface area contributed by atoms with Crippen LogP contribution in [0.5, 0.6) is 11.6 Å². The molecule has 46 heavy (non-hydrogen) atoms. The predicted octanol–water partition coefficient (Wildman–Crippen LogP) is 5.98. The number of benzene rings is 3. The number of methoxy groups -OCH3 is 2. The number of hydrogen-bond donors (Lipinski definition) is 2. The summed E-state index contributed by atoms with van der Waals surface area (Å²) in [4.78, 5) is 25.1. The number of likely N-dealkylation sites (tertiary alicyclic amines) is 2. The van der Waals surface area contributed by atoms with Gasteiger partial charge in [0.25, 0.3) is 0 Å². The highest BCUT2D eigenvalue weighted by molar-refractivity contribution is 6.39. The Labute approximate surface area is 277 Å². The van der Waals surface area contributed by atoms with Crippen LogP contribution in [-0.2, 0) is 17.8 Å². The second kappa shape index (κ2) is 12.5. The van der Waals surface area contributed by atoms with Gasteiger partial charge in [-0.2, -0.15) is 0 Å². The molecule has 2 N–H and O–H groups in total. The van der Waals surface area contributed by atoms with Crippen LogP contribution in [0, 0.1) is 5.92 Å². The molecule has 238 valence electrons. The van der Waals surface area contributed by atoms with E-state index in [0.717, 1.165) is 46.4 Å². The summed E-state index contributed by atoms with van der Waals surface area (Å²) in [5.41, 5.74) is 7.69. The second-order valence-corrected chi connectivity index (χ2v) is 12.9. The van der Waals surface area contributed by atoms with E-state index >= 15 is 0 Å². The molecule has 7 rings (SSSR count). The smallest absolute Gasteiger partial charge is 0.309 e. The number of β-amino-alcohol motifs (C(OH)–C–C–N with tert-alkyl or cyclic N) is 1. The molecule has 0 spiro atoms. The van der Waals surface area contributed by atoms with Crippen LogP contribution in [0.15, 0.2) is 54.7 Å². The van der Waals surface area contributed by atoms with Crippen LogP contribution in [0.2, 0.25) is 10.0 Å². The fourth-order valence-corrected chi connectivity index (χ4v) is 7.56. The lowest BCUT2D eigenvalue weighted by molar-refractivity contribution is -0.148. The summed E-state index contributed by atoms with van der Waals surface area (Å²) in [5, 5.41) is 20.1. The molecule has 2 aliphatic heterocycles. The first-order chi connectivity index (χ1) is 22.2. The van der Waals surface area contributed by atoms with Crippen molar-refractivity contribution >= 4 is 29.2 Å². The van der Waals surface area contributed by atoms with Crippen LogP contribution >= 0.6 is 23.2 Å². The topological polar surface area (TPSA) is 108 Å². The van der Waals surface area contributed by atoms with E-state index in [9.17, 15) is 15.0 Å². The molecule has 1 aromatic heterocycles. The van der Waals surface area contributed by atoms with Crippen LogP contribution in [0.1, 0.15) is 29.3 Å². The summed E-state index contributed by atoms with van der Waals surface area (Å²) >= 11 is 14.2. The molecule has 9 nitrogen and oxygen atoms in total. The van der Waals surface area contributed by atoms with Gasteiger partial charge in [-0.25, -0.2) is 4.98 Å². The average molecular weight is 662 g/mol. The van der Waals surface area contributed by atoms with Gasteiger partial charge < -0.3 is 19.7 Å². The SMILES string of the molecule is COc1cc(-c2cccc(-c3cccc(-c4cnc(CN5CC(O)C5)c(OC)n4)c3Cl)c2Cl)cc2c1C(N1CC(C(=O)O)C1)CC2. The zero-order chi connectivity index (χ0) is 32.1. The lowest BCUT2D eigenvalue weighted by Crippen LogP contribution is -2.51. The van der Waals surface area contributed by atoms with Crippen molar-refractivity contribution < 1.29 is 24.5 Å². The fourth-order valence-electron chi connectivity index (χ4n) is 6.90. The van der Waals surface area contributed by atoms with E-state index in [-0.39, 0.29) is 18.1 Å². The molecule has 11 heteroatoms. The maximum atomic E-state index is 11.4. The van der Waals surface area contributed by atoms with E-state index in [2.05, 4.69) is 20.9 Å². The van der Waals surface area contributed by atoms with E-state index < -0.39 is 5.97 Å². The Balaban J connectivity index is 1.20. The predicted molar refractivity (Wildman–Crippen MR) is 177 cm³/mol. The number of carboxylic acids is 1. The number of aliphatic hydroxyl groups is 1. The van der Waals surface area contributed by atoms with E-state index in [1.54, 1.807) is 20.4 Å². The zero-order valence-corrected chi connectivity index (χ0v) is 27.1. The van der Waals surface area contributed by atoms with Crippen molar-refractivity contribution in [3.05, 3.63) is 81.6 Å². The summed E-state index contributed by atoms with van der Waals surface area (Å²) in [6.45, 7) is 2.87. The second-order valence-electron chi connectivity index (χ2n) is 12.2. The van der Waals surface area contributed by atoms with Crippen molar-refractivity contribution in [2.75, 3.05) is 40.4 Å². The van der Waals surface area contributed by atoms with Gasteiger partial charge in [0.15, 0.2) is 0 Å². The molecule has 0 amide bonds.